The van der Waals surface area contributed by atoms with Crippen LogP contribution in [0, 0.1) is 5.92 Å². The summed E-state index contributed by atoms with van der Waals surface area (Å²) in [6.45, 7) is 18.6. The first-order valence-corrected chi connectivity index (χ1v) is 19.7. The monoisotopic (exact) mass is 617 g/mol. The van der Waals surface area contributed by atoms with E-state index in [-0.39, 0.29) is 6.61 Å². The molecule has 1 N–H and O–H groups in total. The van der Waals surface area contributed by atoms with E-state index in [1.165, 1.54) is 154 Å². The van der Waals surface area contributed by atoms with Crippen LogP contribution in [0.4, 0.5) is 0 Å². The van der Waals surface area contributed by atoms with E-state index in [2.05, 4.69) is 74.8 Å². The predicted octanol–water partition coefficient (Wildman–Crippen LogP) is 11.9. The maximum Gasteiger partial charge on any atom is 0.0558 e. The van der Waals surface area contributed by atoms with Gasteiger partial charge in [-0.3, -0.25) is 0 Å². The number of rotatable bonds is 34. The molecule has 0 aromatic rings. The number of aliphatic hydroxyl groups excluding tert-OH is 1. The Hall–Kier alpha value is -0.900. The molecular weight excluding hydrogens is 536 g/mol. The molecule has 3 heteroatoms. The summed E-state index contributed by atoms with van der Waals surface area (Å²) in [5, 5.41) is 9.37. The molecule has 0 aromatic heterocycles. The Balaban J connectivity index is 5.14. The Morgan fingerprint density at radius 3 is 1.59 bits per heavy atom. The van der Waals surface area contributed by atoms with Gasteiger partial charge in [-0.2, -0.15) is 0 Å². The van der Waals surface area contributed by atoms with E-state index in [9.17, 15) is 5.11 Å². The minimum absolute atomic E-state index is 0.285. The molecule has 0 saturated heterocycles. The van der Waals surface area contributed by atoms with Crippen LogP contribution in [0.25, 0.3) is 0 Å². The van der Waals surface area contributed by atoms with Crippen LogP contribution in [0.2, 0.25) is 0 Å². The van der Waals surface area contributed by atoms with Crippen molar-refractivity contribution in [3.63, 3.8) is 0 Å². The molecule has 0 radical (unpaired) electrons. The van der Waals surface area contributed by atoms with Gasteiger partial charge in [0.15, 0.2) is 0 Å². The van der Waals surface area contributed by atoms with Gasteiger partial charge in [0.1, 0.15) is 0 Å². The van der Waals surface area contributed by atoms with E-state index in [1.807, 2.05) is 0 Å². The molecule has 0 rings (SSSR count). The molecule has 44 heavy (non-hydrogen) atoms. The third-order valence-corrected chi connectivity index (χ3v) is 9.01. The van der Waals surface area contributed by atoms with E-state index in [4.69, 9.17) is 0 Å². The van der Waals surface area contributed by atoms with Gasteiger partial charge in [-0.1, -0.05) is 128 Å². The molecule has 0 aliphatic heterocycles. The minimum atomic E-state index is 0.285. The van der Waals surface area contributed by atoms with Gasteiger partial charge in [0.25, 0.3) is 0 Å². The molecule has 0 fully saturated rings. The third-order valence-electron chi connectivity index (χ3n) is 9.01. The first kappa shape index (κ1) is 43.1. The minimum Gasteiger partial charge on any atom is -0.395 e. The van der Waals surface area contributed by atoms with Gasteiger partial charge >= 0.3 is 0 Å². The second-order valence-corrected chi connectivity index (χ2v) is 13.3. The molecule has 0 aromatic carbocycles. The van der Waals surface area contributed by atoms with Gasteiger partial charge < -0.3 is 14.9 Å². The van der Waals surface area contributed by atoms with Crippen LogP contribution < -0.4 is 0 Å². The van der Waals surface area contributed by atoms with Crippen LogP contribution in [0.5, 0.6) is 0 Å². The van der Waals surface area contributed by atoms with Gasteiger partial charge in [-0.15, -0.1) is 0 Å². The van der Waals surface area contributed by atoms with Crippen molar-refractivity contribution in [3.8, 4) is 0 Å². The summed E-state index contributed by atoms with van der Waals surface area (Å²) in [5.41, 5.74) is 1.77. The normalized spacial score (nSPS) is 13.4. The van der Waals surface area contributed by atoms with Crippen molar-refractivity contribution in [2.45, 2.75) is 176 Å². The van der Waals surface area contributed by atoms with Crippen LogP contribution >= 0.6 is 0 Å². The van der Waals surface area contributed by atoms with Crippen LogP contribution in [0.15, 0.2) is 36.0 Å². The maximum atomic E-state index is 9.37. The van der Waals surface area contributed by atoms with Crippen LogP contribution in [0.3, 0.4) is 0 Å². The fourth-order valence-corrected chi connectivity index (χ4v) is 6.46. The Morgan fingerprint density at radius 2 is 1.02 bits per heavy atom. The highest BCUT2D eigenvalue weighted by molar-refractivity contribution is 5.10. The number of unbranched alkanes of at least 4 members (excludes halogenated alkanes) is 10. The lowest BCUT2D eigenvalue weighted by atomic mass is 9.85. The van der Waals surface area contributed by atoms with Crippen molar-refractivity contribution < 1.29 is 5.11 Å². The SMILES string of the molecule is CCCC/C=C/C/C=C(/CCCCCCN(CCC)CCC)C(CC/C=C/CCCC)CCCCCCN(CCC)CCO. The Labute approximate surface area is 278 Å². The van der Waals surface area contributed by atoms with Crippen LogP contribution in [-0.4, -0.2) is 60.8 Å². The lowest BCUT2D eigenvalue weighted by molar-refractivity contribution is 0.193. The number of aliphatic hydroxyl groups is 1. The average molecular weight is 617 g/mol. The number of allylic oxidation sites excluding steroid dienone is 6. The van der Waals surface area contributed by atoms with E-state index in [0.29, 0.717) is 0 Å². The molecule has 0 saturated carbocycles. The zero-order valence-corrected chi connectivity index (χ0v) is 30.8. The number of hydrogen-bond acceptors (Lipinski definition) is 3. The summed E-state index contributed by atoms with van der Waals surface area (Å²) in [4.78, 5) is 5.11. The first-order chi connectivity index (χ1) is 21.7. The van der Waals surface area contributed by atoms with Crippen molar-refractivity contribution in [3.05, 3.63) is 36.0 Å². The zero-order valence-electron chi connectivity index (χ0n) is 30.8. The van der Waals surface area contributed by atoms with Crippen LogP contribution in [0.1, 0.15) is 176 Å². The van der Waals surface area contributed by atoms with E-state index in [1.54, 1.807) is 5.57 Å². The molecule has 0 aliphatic carbocycles. The number of hydrogen-bond donors (Lipinski definition) is 1. The highest BCUT2D eigenvalue weighted by Crippen LogP contribution is 2.29. The predicted molar refractivity (Wildman–Crippen MR) is 200 cm³/mol. The highest BCUT2D eigenvalue weighted by Gasteiger charge is 2.14. The summed E-state index contributed by atoms with van der Waals surface area (Å²) in [6.07, 6.45) is 40.9. The smallest absolute Gasteiger partial charge is 0.0558 e. The van der Waals surface area contributed by atoms with Gasteiger partial charge in [0.05, 0.1) is 6.61 Å². The molecule has 0 spiro atoms. The fraction of sp³-hybridized carbons (Fsp3) is 0.854. The van der Waals surface area contributed by atoms with Gasteiger partial charge in [-0.05, 0) is 122 Å². The molecule has 0 aliphatic rings. The summed E-state index contributed by atoms with van der Waals surface area (Å²) in [7, 11) is 0. The van der Waals surface area contributed by atoms with Gasteiger partial charge in [0, 0.05) is 6.54 Å². The maximum absolute atomic E-state index is 9.37. The van der Waals surface area contributed by atoms with Crippen molar-refractivity contribution in [1.29, 1.82) is 0 Å². The summed E-state index contributed by atoms with van der Waals surface area (Å²) >= 11 is 0. The molecule has 1 atom stereocenters. The lowest BCUT2D eigenvalue weighted by Gasteiger charge is -2.22. The second-order valence-electron chi connectivity index (χ2n) is 13.3. The summed E-state index contributed by atoms with van der Waals surface area (Å²) in [6, 6.07) is 0. The standard InChI is InChI=1S/C41H80N2O/c1-6-11-13-15-17-23-29-40(31-25-19-21-27-36-42(33-8-3)34-9-4)41(30-24-18-16-14-12-7-2)32-26-20-22-28-37-43(35-10-5)38-39-44/h15-18,29,41,44H,6-14,19-28,30-39H2,1-5H3/b17-15+,18-16+,40-29-. The molecule has 3 nitrogen and oxygen atoms in total. The fourth-order valence-electron chi connectivity index (χ4n) is 6.46. The second kappa shape index (κ2) is 35.0. The van der Waals surface area contributed by atoms with E-state index < -0.39 is 0 Å². The molecule has 0 amide bonds. The summed E-state index contributed by atoms with van der Waals surface area (Å²) < 4.78 is 0. The largest absolute Gasteiger partial charge is 0.395 e. The topological polar surface area (TPSA) is 26.7 Å². The first-order valence-electron chi connectivity index (χ1n) is 19.7. The highest BCUT2D eigenvalue weighted by atomic mass is 16.3. The van der Waals surface area contributed by atoms with Crippen molar-refractivity contribution in [1.82, 2.24) is 9.80 Å². The molecular formula is C41H80N2O. The molecule has 260 valence electrons. The van der Waals surface area contributed by atoms with E-state index >= 15 is 0 Å². The number of nitrogens with zero attached hydrogens (tertiary/aromatic N) is 2. The van der Waals surface area contributed by atoms with Crippen molar-refractivity contribution >= 4 is 0 Å². The molecule has 0 heterocycles. The summed E-state index contributed by atoms with van der Waals surface area (Å²) in [5.74, 6) is 0.741. The van der Waals surface area contributed by atoms with Crippen molar-refractivity contribution in [2.75, 3.05) is 45.9 Å². The lowest BCUT2D eigenvalue weighted by Crippen LogP contribution is -2.28. The van der Waals surface area contributed by atoms with Gasteiger partial charge in [-0.25, -0.2) is 0 Å². The van der Waals surface area contributed by atoms with Crippen LogP contribution in [-0.2, 0) is 0 Å². The zero-order chi connectivity index (χ0) is 32.4. The Kier molecular flexibility index (Phi) is 34.2. The van der Waals surface area contributed by atoms with E-state index in [0.717, 1.165) is 32.0 Å². The Bertz CT molecular complexity index is 643. The van der Waals surface area contributed by atoms with Gasteiger partial charge in [0.2, 0.25) is 0 Å². The Morgan fingerprint density at radius 1 is 0.500 bits per heavy atom. The molecule has 0 bridgehead atoms. The molecule has 1 unspecified atom stereocenters. The average Bonchev–Trinajstić information content (AvgIpc) is 3.02. The van der Waals surface area contributed by atoms with Crippen molar-refractivity contribution in [2.24, 2.45) is 5.92 Å². The third kappa shape index (κ3) is 27.4. The quantitative estimate of drug-likeness (QED) is 0.0575.